The zero-order valence-corrected chi connectivity index (χ0v) is 8.33. The van der Waals surface area contributed by atoms with Gasteiger partial charge in [-0.15, -0.1) is 0 Å². The molecule has 0 spiro atoms. The normalized spacial score (nSPS) is 9.64. The predicted octanol–water partition coefficient (Wildman–Crippen LogP) is 1.71. The molecular formula is C10H12O4. The molecule has 1 rings (SSSR count). The molecule has 0 saturated heterocycles. The average molecular weight is 196 g/mol. The minimum Gasteiger partial charge on any atom is -0.497 e. The van der Waals surface area contributed by atoms with Crippen LogP contribution in [-0.2, 0) is 0 Å². The van der Waals surface area contributed by atoms with E-state index < -0.39 is 5.97 Å². The van der Waals surface area contributed by atoms with Crippen molar-refractivity contribution in [2.45, 2.75) is 6.92 Å². The van der Waals surface area contributed by atoms with Crippen LogP contribution in [0.3, 0.4) is 0 Å². The largest absolute Gasteiger partial charge is 0.497 e. The van der Waals surface area contributed by atoms with E-state index in [0.717, 1.165) is 0 Å². The zero-order chi connectivity index (χ0) is 10.7. The molecule has 0 unspecified atom stereocenters. The molecule has 0 fully saturated rings. The summed E-state index contributed by atoms with van der Waals surface area (Å²) in [4.78, 5) is 10.9. The van der Waals surface area contributed by atoms with Gasteiger partial charge in [-0.1, -0.05) is 0 Å². The van der Waals surface area contributed by atoms with Gasteiger partial charge in [0.15, 0.2) is 0 Å². The van der Waals surface area contributed by atoms with Crippen molar-refractivity contribution in [2.75, 3.05) is 14.2 Å². The molecule has 0 radical (unpaired) electrons. The van der Waals surface area contributed by atoms with Crippen molar-refractivity contribution in [2.24, 2.45) is 0 Å². The third-order valence-electron chi connectivity index (χ3n) is 1.94. The summed E-state index contributed by atoms with van der Waals surface area (Å²) in [6, 6.07) is 3.21. The van der Waals surface area contributed by atoms with E-state index in [4.69, 9.17) is 14.6 Å². The van der Waals surface area contributed by atoms with Crippen molar-refractivity contribution >= 4 is 5.97 Å². The fraction of sp³-hybridized carbons (Fsp3) is 0.300. The van der Waals surface area contributed by atoms with E-state index in [1.807, 2.05) is 0 Å². The Balaban J connectivity index is 3.34. The van der Waals surface area contributed by atoms with Crippen molar-refractivity contribution in [3.05, 3.63) is 23.3 Å². The first kappa shape index (κ1) is 10.4. The Morgan fingerprint density at radius 2 is 1.93 bits per heavy atom. The van der Waals surface area contributed by atoms with E-state index in [-0.39, 0.29) is 5.56 Å². The molecule has 1 aromatic carbocycles. The van der Waals surface area contributed by atoms with Gasteiger partial charge < -0.3 is 14.6 Å². The second kappa shape index (κ2) is 4.00. The summed E-state index contributed by atoms with van der Waals surface area (Å²) in [5, 5.41) is 8.92. The number of aromatic carboxylic acids is 1. The number of hydrogen-bond donors (Lipinski definition) is 1. The van der Waals surface area contributed by atoms with Crippen LogP contribution in [-0.4, -0.2) is 25.3 Å². The Bertz CT molecular complexity index is 357. The summed E-state index contributed by atoms with van der Waals surface area (Å²) in [5.74, 6) is -0.0966. The van der Waals surface area contributed by atoms with Crippen molar-refractivity contribution in [1.29, 1.82) is 0 Å². The number of carboxylic acids is 1. The van der Waals surface area contributed by atoms with E-state index in [2.05, 4.69) is 0 Å². The average Bonchev–Trinajstić information content (AvgIpc) is 2.15. The van der Waals surface area contributed by atoms with E-state index in [0.29, 0.717) is 17.1 Å². The molecule has 1 N–H and O–H groups in total. The number of carboxylic acid groups (broad SMARTS) is 1. The van der Waals surface area contributed by atoms with Crippen molar-refractivity contribution < 1.29 is 19.4 Å². The molecule has 14 heavy (non-hydrogen) atoms. The second-order valence-corrected chi connectivity index (χ2v) is 2.83. The van der Waals surface area contributed by atoms with E-state index in [1.165, 1.54) is 14.2 Å². The standard InChI is InChI=1S/C10H12O4/c1-6-4-7(13-2)5-8(14-3)9(6)10(11)12/h4-5H,1-3H3,(H,11,12). The maximum atomic E-state index is 10.9. The van der Waals surface area contributed by atoms with Gasteiger partial charge in [-0.05, 0) is 18.6 Å². The van der Waals surface area contributed by atoms with Crippen LogP contribution in [0, 0.1) is 6.92 Å². The molecule has 4 nitrogen and oxygen atoms in total. The molecule has 0 atom stereocenters. The van der Waals surface area contributed by atoms with Gasteiger partial charge in [0, 0.05) is 6.07 Å². The number of rotatable bonds is 3. The molecule has 0 heterocycles. The lowest BCUT2D eigenvalue weighted by Gasteiger charge is -2.10. The molecule has 0 aliphatic heterocycles. The van der Waals surface area contributed by atoms with E-state index in [1.54, 1.807) is 19.1 Å². The van der Waals surface area contributed by atoms with Gasteiger partial charge >= 0.3 is 5.97 Å². The van der Waals surface area contributed by atoms with E-state index >= 15 is 0 Å². The van der Waals surface area contributed by atoms with Crippen LogP contribution in [0.4, 0.5) is 0 Å². The lowest BCUT2D eigenvalue weighted by atomic mass is 10.1. The summed E-state index contributed by atoms with van der Waals surface area (Å²) in [5.41, 5.74) is 0.794. The van der Waals surface area contributed by atoms with E-state index in [9.17, 15) is 4.79 Å². The SMILES string of the molecule is COc1cc(C)c(C(=O)O)c(OC)c1. The first-order valence-electron chi connectivity index (χ1n) is 4.06. The number of benzene rings is 1. The summed E-state index contributed by atoms with van der Waals surface area (Å²) in [7, 11) is 2.95. The molecule has 0 aliphatic rings. The molecule has 0 bridgehead atoms. The minimum atomic E-state index is -0.998. The Morgan fingerprint density at radius 1 is 1.29 bits per heavy atom. The third-order valence-corrected chi connectivity index (χ3v) is 1.94. The van der Waals surface area contributed by atoms with Crippen LogP contribution in [0.2, 0.25) is 0 Å². The zero-order valence-electron chi connectivity index (χ0n) is 8.33. The third kappa shape index (κ3) is 1.79. The molecule has 76 valence electrons. The first-order chi connectivity index (χ1) is 6.60. The monoisotopic (exact) mass is 196 g/mol. The van der Waals surface area contributed by atoms with Crippen LogP contribution in [0.15, 0.2) is 12.1 Å². The lowest BCUT2D eigenvalue weighted by Crippen LogP contribution is -2.03. The molecule has 0 aliphatic carbocycles. The topological polar surface area (TPSA) is 55.8 Å². The van der Waals surface area contributed by atoms with Crippen molar-refractivity contribution in [1.82, 2.24) is 0 Å². The van der Waals surface area contributed by atoms with Gasteiger partial charge in [0.1, 0.15) is 17.1 Å². The number of ether oxygens (including phenoxy) is 2. The van der Waals surface area contributed by atoms with Gasteiger partial charge in [0.25, 0.3) is 0 Å². The van der Waals surface area contributed by atoms with Gasteiger partial charge in [0.05, 0.1) is 14.2 Å². The number of aryl methyl sites for hydroxylation is 1. The molecule has 0 aromatic heterocycles. The molecule has 0 saturated carbocycles. The maximum absolute atomic E-state index is 10.9. The fourth-order valence-corrected chi connectivity index (χ4v) is 1.28. The molecule has 4 heteroatoms. The highest BCUT2D eigenvalue weighted by molar-refractivity contribution is 5.93. The van der Waals surface area contributed by atoms with Crippen LogP contribution in [0.5, 0.6) is 11.5 Å². The lowest BCUT2D eigenvalue weighted by molar-refractivity contribution is 0.0692. The molecule has 0 amide bonds. The highest BCUT2D eigenvalue weighted by Gasteiger charge is 2.15. The highest BCUT2D eigenvalue weighted by atomic mass is 16.5. The minimum absolute atomic E-state index is 0.174. The number of carbonyl (C=O) groups is 1. The van der Waals surface area contributed by atoms with Crippen LogP contribution in [0.1, 0.15) is 15.9 Å². The quantitative estimate of drug-likeness (QED) is 0.799. The molecular weight excluding hydrogens is 184 g/mol. The Morgan fingerprint density at radius 3 is 2.36 bits per heavy atom. The van der Waals surface area contributed by atoms with Gasteiger partial charge in [-0.3, -0.25) is 0 Å². The van der Waals surface area contributed by atoms with Crippen LogP contribution < -0.4 is 9.47 Å². The molecule has 1 aromatic rings. The van der Waals surface area contributed by atoms with Crippen molar-refractivity contribution in [3.8, 4) is 11.5 Å². The Kier molecular flexibility index (Phi) is 2.96. The summed E-state index contributed by atoms with van der Waals surface area (Å²) in [6.07, 6.45) is 0. The van der Waals surface area contributed by atoms with Crippen LogP contribution in [0.25, 0.3) is 0 Å². The van der Waals surface area contributed by atoms with Gasteiger partial charge in [0.2, 0.25) is 0 Å². The maximum Gasteiger partial charge on any atom is 0.339 e. The number of methoxy groups -OCH3 is 2. The Hall–Kier alpha value is -1.71. The highest BCUT2D eigenvalue weighted by Crippen LogP contribution is 2.28. The van der Waals surface area contributed by atoms with Crippen LogP contribution >= 0.6 is 0 Å². The predicted molar refractivity (Wildman–Crippen MR) is 51.2 cm³/mol. The summed E-state index contributed by atoms with van der Waals surface area (Å²) >= 11 is 0. The first-order valence-corrected chi connectivity index (χ1v) is 4.06. The van der Waals surface area contributed by atoms with Crippen molar-refractivity contribution in [3.63, 3.8) is 0 Å². The van der Waals surface area contributed by atoms with Gasteiger partial charge in [-0.2, -0.15) is 0 Å². The summed E-state index contributed by atoms with van der Waals surface area (Å²) in [6.45, 7) is 1.70. The summed E-state index contributed by atoms with van der Waals surface area (Å²) < 4.78 is 9.97. The Labute approximate surface area is 82.1 Å². The second-order valence-electron chi connectivity index (χ2n) is 2.83. The van der Waals surface area contributed by atoms with Gasteiger partial charge in [-0.25, -0.2) is 4.79 Å². The smallest absolute Gasteiger partial charge is 0.339 e. The number of hydrogen-bond acceptors (Lipinski definition) is 3. The fourth-order valence-electron chi connectivity index (χ4n) is 1.28.